The normalized spacial score (nSPS) is 14.1. The Bertz CT molecular complexity index is 1380. The number of fused-ring (bicyclic) bond motifs is 3. The number of pyridine rings is 1. The molecule has 2 aromatic heterocycles. The predicted molar refractivity (Wildman–Crippen MR) is 126 cm³/mol. The number of imidazole rings is 1. The van der Waals surface area contributed by atoms with E-state index in [0.29, 0.717) is 34.9 Å². The van der Waals surface area contributed by atoms with Crippen LogP contribution in [0.15, 0.2) is 42.6 Å². The van der Waals surface area contributed by atoms with E-state index in [1.54, 1.807) is 24.4 Å². The van der Waals surface area contributed by atoms with Crippen LogP contribution in [-0.4, -0.2) is 26.5 Å². The van der Waals surface area contributed by atoms with Gasteiger partial charge in [-0.05, 0) is 51.1 Å². The smallest absolute Gasteiger partial charge is 0.259 e. The van der Waals surface area contributed by atoms with Crippen molar-refractivity contribution in [2.75, 3.05) is 10.6 Å². The first-order valence-electron chi connectivity index (χ1n) is 10.4. The number of aryl methyl sites for hydroxylation is 1. The molecule has 9 heteroatoms. The molecule has 0 aliphatic carbocycles. The summed E-state index contributed by atoms with van der Waals surface area (Å²) in [7, 11) is 0. The van der Waals surface area contributed by atoms with E-state index in [-0.39, 0.29) is 16.6 Å². The van der Waals surface area contributed by atoms with E-state index in [1.807, 2.05) is 26.8 Å². The average molecular weight is 466 g/mol. The van der Waals surface area contributed by atoms with Gasteiger partial charge in [-0.1, -0.05) is 17.7 Å². The van der Waals surface area contributed by atoms with Crippen molar-refractivity contribution in [3.8, 4) is 5.75 Å². The summed E-state index contributed by atoms with van der Waals surface area (Å²) in [6, 6.07) is 9.71. The summed E-state index contributed by atoms with van der Waals surface area (Å²) < 4.78 is 20.4. The third kappa shape index (κ3) is 3.98. The fourth-order valence-corrected chi connectivity index (χ4v) is 4.14. The number of carbonyl (C=O) groups excluding carboxylic acids is 1. The van der Waals surface area contributed by atoms with E-state index in [1.165, 1.54) is 12.1 Å². The Hall–Kier alpha value is -3.65. The minimum Gasteiger partial charge on any atom is -0.486 e. The lowest BCUT2D eigenvalue weighted by molar-refractivity contribution is 0.101. The highest BCUT2D eigenvalue weighted by Gasteiger charge is 2.36. The molecule has 33 heavy (non-hydrogen) atoms. The van der Waals surface area contributed by atoms with Crippen molar-refractivity contribution < 1.29 is 13.9 Å². The van der Waals surface area contributed by atoms with Gasteiger partial charge in [0.2, 0.25) is 5.95 Å². The summed E-state index contributed by atoms with van der Waals surface area (Å²) in [6.45, 7) is 5.79. The number of amides is 1. The minimum atomic E-state index is -0.496. The SMILES string of the molecule is Cc1ccc(NC(=O)c2cc3nc(Nc4c(F)cccc4Cl)[nH]c3c3c2OC(C)(C)C3)cn1. The van der Waals surface area contributed by atoms with E-state index in [2.05, 4.69) is 25.6 Å². The molecule has 1 amide bonds. The van der Waals surface area contributed by atoms with E-state index in [0.717, 1.165) is 16.8 Å². The number of ether oxygens (including phenoxy) is 1. The monoisotopic (exact) mass is 465 g/mol. The molecule has 0 spiro atoms. The average Bonchev–Trinajstić information content (AvgIpc) is 3.31. The van der Waals surface area contributed by atoms with Crippen LogP contribution in [0.2, 0.25) is 5.02 Å². The summed E-state index contributed by atoms with van der Waals surface area (Å²) in [5.41, 5.74) is 3.54. The lowest BCUT2D eigenvalue weighted by Crippen LogP contribution is -2.25. The van der Waals surface area contributed by atoms with Gasteiger partial charge in [0.25, 0.3) is 5.91 Å². The molecule has 0 saturated carbocycles. The standard InChI is InChI=1S/C24H21ClFN5O2/c1-12-7-8-13(11-27-12)28-22(32)14-9-18-19(15-10-24(2,3)33-21(14)15)30-23(29-18)31-20-16(25)5-4-6-17(20)26/h4-9,11H,10H2,1-3H3,(H,28,32)(H2,29,30,31). The van der Waals surface area contributed by atoms with E-state index < -0.39 is 11.4 Å². The van der Waals surface area contributed by atoms with Crippen LogP contribution in [0.4, 0.5) is 21.7 Å². The number of carbonyl (C=O) groups is 1. The molecular formula is C24H21ClFN5O2. The zero-order chi connectivity index (χ0) is 23.3. The van der Waals surface area contributed by atoms with Gasteiger partial charge in [0.15, 0.2) is 0 Å². The molecule has 5 rings (SSSR count). The summed E-state index contributed by atoms with van der Waals surface area (Å²) in [6.07, 6.45) is 2.18. The molecule has 0 saturated heterocycles. The zero-order valence-electron chi connectivity index (χ0n) is 18.2. The predicted octanol–water partition coefficient (Wildman–Crippen LogP) is 5.77. The van der Waals surface area contributed by atoms with Crippen LogP contribution in [0.25, 0.3) is 11.0 Å². The molecule has 4 aromatic rings. The van der Waals surface area contributed by atoms with Gasteiger partial charge in [-0.15, -0.1) is 0 Å². The van der Waals surface area contributed by atoms with Crippen molar-refractivity contribution in [3.63, 3.8) is 0 Å². The fourth-order valence-electron chi connectivity index (χ4n) is 3.93. The molecule has 3 N–H and O–H groups in total. The molecule has 1 aliphatic heterocycles. The second kappa shape index (κ2) is 7.74. The Morgan fingerprint density at radius 3 is 2.82 bits per heavy atom. The maximum atomic E-state index is 14.2. The molecule has 1 aliphatic rings. The van der Waals surface area contributed by atoms with Crippen LogP contribution < -0.4 is 15.4 Å². The van der Waals surface area contributed by atoms with E-state index in [9.17, 15) is 9.18 Å². The van der Waals surface area contributed by atoms with Crippen LogP contribution in [0.3, 0.4) is 0 Å². The van der Waals surface area contributed by atoms with Crippen LogP contribution in [0, 0.1) is 12.7 Å². The summed E-state index contributed by atoms with van der Waals surface area (Å²) in [5.74, 6) is -0.0102. The lowest BCUT2D eigenvalue weighted by atomic mass is 9.98. The quantitative estimate of drug-likeness (QED) is 0.356. The number of rotatable bonds is 4. The maximum absolute atomic E-state index is 14.2. The number of aromatic nitrogens is 3. The Balaban J connectivity index is 1.56. The van der Waals surface area contributed by atoms with Gasteiger partial charge < -0.3 is 20.4 Å². The lowest BCUT2D eigenvalue weighted by Gasteiger charge is -2.18. The van der Waals surface area contributed by atoms with Gasteiger partial charge in [-0.3, -0.25) is 9.78 Å². The maximum Gasteiger partial charge on any atom is 0.259 e. The molecule has 0 unspecified atom stereocenters. The van der Waals surface area contributed by atoms with E-state index in [4.69, 9.17) is 16.3 Å². The van der Waals surface area contributed by atoms with Crippen LogP contribution in [-0.2, 0) is 6.42 Å². The fraction of sp³-hybridized carbons (Fsp3) is 0.208. The number of hydrogen-bond donors (Lipinski definition) is 3. The molecule has 168 valence electrons. The molecule has 0 radical (unpaired) electrons. The summed E-state index contributed by atoms with van der Waals surface area (Å²) in [5, 5.41) is 6.01. The molecule has 2 aromatic carbocycles. The van der Waals surface area contributed by atoms with Crippen molar-refractivity contribution in [2.45, 2.75) is 32.8 Å². The van der Waals surface area contributed by atoms with Gasteiger partial charge in [0.05, 0.1) is 39.2 Å². The number of nitrogens with one attached hydrogen (secondary N) is 3. The molecule has 0 bridgehead atoms. The Kier molecular flexibility index (Phi) is 4.97. The first-order chi connectivity index (χ1) is 15.7. The molecular weight excluding hydrogens is 445 g/mol. The van der Waals surface area contributed by atoms with Crippen molar-refractivity contribution in [3.05, 3.63) is 70.3 Å². The van der Waals surface area contributed by atoms with Crippen molar-refractivity contribution >= 4 is 45.9 Å². The number of nitrogens with zero attached hydrogens (tertiary/aromatic N) is 2. The third-order valence-corrected chi connectivity index (χ3v) is 5.75. The third-order valence-electron chi connectivity index (χ3n) is 5.43. The number of benzene rings is 2. The van der Waals surface area contributed by atoms with Crippen LogP contribution >= 0.6 is 11.6 Å². The summed E-state index contributed by atoms with van der Waals surface area (Å²) in [4.78, 5) is 25.1. The largest absolute Gasteiger partial charge is 0.486 e. The van der Waals surface area contributed by atoms with Crippen LogP contribution in [0.1, 0.15) is 35.5 Å². The Morgan fingerprint density at radius 2 is 2.09 bits per heavy atom. The van der Waals surface area contributed by atoms with Gasteiger partial charge in [-0.2, -0.15) is 0 Å². The van der Waals surface area contributed by atoms with Gasteiger partial charge in [-0.25, -0.2) is 9.37 Å². The van der Waals surface area contributed by atoms with Gasteiger partial charge in [0, 0.05) is 17.7 Å². The van der Waals surface area contributed by atoms with E-state index >= 15 is 0 Å². The Labute approximate surface area is 194 Å². The first-order valence-corrected chi connectivity index (χ1v) is 10.8. The number of H-pyrrole nitrogens is 1. The van der Waals surface area contributed by atoms with Crippen molar-refractivity contribution in [2.24, 2.45) is 0 Å². The topological polar surface area (TPSA) is 91.9 Å². The number of anilines is 3. The highest BCUT2D eigenvalue weighted by atomic mass is 35.5. The number of halogens is 2. The van der Waals surface area contributed by atoms with Crippen LogP contribution in [0.5, 0.6) is 5.75 Å². The highest BCUT2D eigenvalue weighted by Crippen LogP contribution is 2.42. The molecule has 0 fully saturated rings. The molecule has 3 heterocycles. The Morgan fingerprint density at radius 1 is 1.27 bits per heavy atom. The molecule has 0 atom stereocenters. The number of aromatic amines is 1. The van der Waals surface area contributed by atoms with Gasteiger partial charge in [0.1, 0.15) is 17.2 Å². The van der Waals surface area contributed by atoms with Crippen molar-refractivity contribution in [1.29, 1.82) is 0 Å². The first kappa shape index (κ1) is 21.2. The van der Waals surface area contributed by atoms with Crippen molar-refractivity contribution in [1.82, 2.24) is 15.0 Å². The zero-order valence-corrected chi connectivity index (χ0v) is 19.0. The summed E-state index contributed by atoms with van der Waals surface area (Å²) >= 11 is 6.14. The number of hydrogen-bond acceptors (Lipinski definition) is 5. The number of para-hydroxylation sites is 1. The minimum absolute atomic E-state index is 0.122. The molecule has 7 nitrogen and oxygen atoms in total. The second-order valence-corrected chi connectivity index (χ2v) is 9.02. The highest BCUT2D eigenvalue weighted by molar-refractivity contribution is 6.33. The second-order valence-electron chi connectivity index (χ2n) is 8.61. The van der Waals surface area contributed by atoms with Gasteiger partial charge >= 0.3 is 0 Å².